The minimum atomic E-state index is -3.56. The molecule has 2 aromatic rings. The molecule has 23 heavy (non-hydrogen) atoms. The van der Waals surface area contributed by atoms with Crippen LogP contribution in [0.25, 0.3) is 0 Å². The predicted octanol–water partition coefficient (Wildman–Crippen LogP) is 3.38. The lowest BCUT2D eigenvalue weighted by Gasteiger charge is -2.07. The summed E-state index contributed by atoms with van der Waals surface area (Å²) in [7, 11) is -3.56. The molecule has 0 spiro atoms. The van der Waals surface area contributed by atoms with Gasteiger partial charge in [-0.05, 0) is 52.2 Å². The Hall–Kier alpha value is -1.22. The van der Waals surface area contributed by atoms with E-state index in [1.807, 2.05) is 31.2 Å². The van der Waals surface area contributed by atoms with Crippen molar-refractivity contribution in [3.05, 3.63) is 45.7 Å². The van der Waals surface area contributed by atoms with E-state index >= 15 is 0 Å². The van der Waals surface area contributed by atoms with Crippen molar-refractivity contribution in [2.24, 2.45) is 0 Å². The lowest BCUT2D eigenvalue weighted by molar-refractivity contribution is -0.116. The van der Waals surface area contributed by atoms with Gasteiger partial charge >= 0.3 is 0 Å². The first-order chi connectivity index (χ1) is 10.9. The summed E-state index contributed by atoms with van der Waals surface area (Å²) in [6, 6.07) is 10.8. The van der Waals surface area contributed by atoms with Crippen LogP contribution in [-0.4, -0.2) is 20.9 Å². The molecule has 0 radical (unpaired) electrons. The van der Waals surface area contributed by atoms with E-state index in [-0.39, 0.29) is 23.1 Å². The molecule has 124 valence electrons. The van der Waals surface area contributed by atoms with E-state index in [2.05, 4.69) is 26.0 Å². The number of halogens is 1. The lowest BCUT2D eigenvalue weighted by atomic mass is 10.1. The van der Waals surface area contributed by atoms with Crippen LogP contribution in [0.5, 0.6) is 0 Å². The molecule has 8 heteroatoms. The maximum Gasteiger partial charge on any atom is 0.250 e. The first-order valence-electron chi connectivity index (χ1n) is 7.04. The molecule has 0 bridgehead atoms. The van der Waals surface area contributed by atoms with E-state index in [4.69, 9.17) is 0 Å². The van der Waals surface area contributed by atoms with E-state index in [1.54, 1.807) is 6.07 Å². The maximum absolute atomic E-state index is 12.0. The predicted molar refractivity (Wildman–Crippen MR) is 96.3 cm³/mol. The molecule has 2 rings (SSSR count). The third-order valence-electron chi connectivity index (χ3n) is 3.08. The molecule has 0 saturated heterocycles. The van der Waals surface area contributed by atoms with Crippen LogP contribution < -0.4 is 10.0 Å². The van der Waals surface area contributed by atoms with Crippen molar-refractivity contribution in [3.63, 3.8) is 0 Å². The van der Waals surface area contributed by atoms with Gasteiger partial charge in [0, 0.05) is 18.7 Å². The average molecular weight is 417 g/mol. The van der Waals surface area contributed by atoms with Gasteiger partial charge in [-0.1, -0.05) is 19.1 Å². The van der Waals surface area contributed by atoms with Gasteiger partial charge in [-0.3, -0.25) is 4.79 Å². The largest absolute Gasteiger partial charge is 0.326 e. The number of carbonyl (C=O) groups excluding carboxylic acids is 1. The first-order valence-corrected chi connectivity index (χ1v) is 10.1. The number of carbonyl (C=O) groups is 1. The number of hydrogen-bond donors (Lipinski definition) is 2. The van der Waals surface area contributed by atoms with Crippen LogP contribution in [-0.2, 0) is 21.2 Å². The Labute approximate surface area is 148 Å². The van der Waals surface area contributed by atoms with E-state index in [0.29, 0.717) is 0 Å². The van der Waals surface area contributed by atoms with Crippen LogP contribution in [0.4, 0.5) is 5.69 Å². The van der Waals surface area contributed by atoms with Gasteiger partial charge in [0.05, 0.1) is 3.79 Å². The smallest absolute Gasteiger partial charge is 0.250 e. The molecular formula is C15H17BrN2O3S2. The van der Waals surface area contributed by atoms with Crippen LogP contribution >= 0.6 is 27.3 Å². The summed E-state index contributed by atoms with van der Waals surface area (Å²) in [6.45, 7) is 2.09. The zero-order valence-corrected chi connectivity index (χ0v) is 15.7. The zero-order chi connectivity index (χ0) is 16.9. The molecule has 1 heterocycles. The molecule has 0 aliphatic heterocycles. The first kappa shape index (κ1) is 18.1. The molecular weight excluding hydrogens is 400 g/mol. The normalized spacial score (nSPS) is 11.4. The Kier molecular flexibility index (Phi) is 6.34. The maximum atomic E-state index is 12.0. The Bertz CT molecular complexity index is 788. The monoisotopic (exact) mass is 416 g/mol. The van der Waals surface area contributed by atoms with Crippen molar-refractivity contribution >= 4 is 48.9 Å². The molecule has 1 amide bonds. The van der Waals surface area contributed by atoms with Crippen LogP contribution in [0.3, 0.4) is 0 Å². The summed E-state index contributed by atoms with van der Waals surface area (Å²) in [5.74, 6) is -0.228. The number of thiophene rings is 1. The number of benzene rings is 1. The molecule has 1 aromatic heterocycles. The SMILES string of the molecule is CCc1cccc(NC(=O)CCNS(=O)(=O)c2ccc(Br)s2)c1. The number of hydrogen-bond acceptors (Lipinski definition) is 4. The summed E-state index contributed by atoms with van der Waals surface area (Å²) < 4.78 is 27.4. The highest BCUT2D eigenvalue weighted by atomic mass is 79.9. The number of anilines is 1. The van der Waals surface area contributed by atoms with Gasteiger partial charge in [-0.15, -0.1) is 11.3 Å². The van der Waals surface area contributed by atoms with Gasteiger partial charge in [-0.2, -0.15) is 0 Å². The van der Waals surface area contributed by atoms with Crippen molar-refractivity contribution in [1.82, 2.24) is 4.72 Å². The van der Waals surface area contributed by atoms with Crippen LogP contribution in [0.15, 0.2) is 44.4 Å². The quantitative estimate of drug-likeness (QED) is 0.725. The average Bonchev–Trinajstić information content (AvgIpc) is 2.94. The second kappa shape index (κ2) is 8.05. The van der Waals surface area contributed by atoms with Crippen molar-refractivity contribution < 1.29 is 13.2 Å². The van der Waals surface area contributed by atoms with Crippen LogP contribution in [0.2, 0.25) is 0 Å². The number of nitrogens with one attached hydrogen (secondary N) is 2. The minimum Gasteiger partial charge on any atom is -0.326 e. The van der Waals surface area contributed by atoms with Gasteiger partial charge in [0.25, 0.3) is 0 Å². The second-order valence-electron chi connectivity index (χ2n) is 4.81. The van der Waals surface area contributed by atoms with Gasteiger partial charge in [0.2, 0.25) is 15.9 Å². The minimum absolute atomic E-state index is 0.0527. The second-order valence-corrected chi connectivity index (χ2v) is 9.27. The summed E-state index contributed by atoms with van der Waals surface area (Å²) in [4.78, 5) is 11.9. The standard InChI is InChI=1S/C15H17BrN2O3S2/c1-2-11-4-3-5-12(10-11)18-14(19)8-9-17-23(20,21)15-7-6-13(16)22-15/h3-7,10,17H,2,8-9H2,1H3,(H,18,19). The number of aryl methyl sites for hydroxylation is 1. The Balaban J connectivity index is 1.85. The van der Waals surface area contributed by atoms with Crippen molar-refractivity contribution in [2.45, 2.75) is 24.0 Å². The summed E-state index contributed by atoms with van der Waals surface area (Å²) in [6.07, 6.45) is 0.960. The molecule has 0 atom stereocenters. The Morgan fingerprint density at radius 2 is 2.04 bits per heavy atom. The summed E-state index contributed by atoms with van der Waals surface area (Å²) >= 11 is 4.35. The van der Waals surface area contributed by atoms with E-state index < -0.39 is 10.0 Å². The molecule has 0 unspecified atom stereocenters. The molecule has 5 nitrogen and oxygen atoms in total. The van der Waals surface area contributed by atoms with Crippen LogP contribution in [0, 0.1) is 0 Å². The Morgan fingerprint density at radius 3 is 2.70 bits per heavy atom. The molecule has 0 fully saturated rings. The third kappa shape index (κ3) is 5.42. The van der Waals surface area contributed by atoms with Crippen molar-refractivity contribution in [1.29, 1.82) is 0 Å². The summed E-state index contributed by atoms with van der Waals surface area (Å²) in [5.41, 5.74) is 1.85. The summed E-state index contributed by atoms with van der Waals surface area (Å²) in [5, 5.41) is 2.77. The fourth-order valence-corrected chi connectivity index (χ4v) is 4.99. The van der Waals surface area contributed by atoms with Crippen LogP contribution in [0.1, 0.15) is 18.9 Å². The molecule has 2 N–H and O–H groups in total. The van der Waals surface area contributed by atoms with Gasteiger partial charge in [-0.25, -0.2) is 13.1 Å². The molecule has 0 aliphatic rings. The highest BCUT2D eigenvalue weighted by Crippen LogP contribution is 2.25. The third-order valence-corrected chi connectivity index (χ3v) is 6.65. The molecule has 0 aliphatic carbocycles. The van der Waals surface area contributed by atoms with Gasteiger partial charge in [0.1, 0.15) is 4.21 Å². The highest BCUT2D eigenvalue weighted by molar-refractivity contribution is 9.11. The molecule has 0 saturated carbocycles. The van der Waals surface area contributed by atoms with Gasteiger partial charge in [0.15, 0.2) is 0 Å². The fourth-order valence-electron chi connectivity index (χ4n) is 1.90. The van der Waals surface area contributed by atoms with Crippen molar-refractivity contribution in [3.8, 4) is 0 Å². The molecule has 1 aromatic carbocycles. The van der Waals surface area contributed by atoms with E-state index in [1.165, 1.54) is 6.07 Å². The van der Waals surface area contributed by atoms with Gasteiger partial charge < -0.3 is 5.32 Å². The lowest BCUT2D eigenvalue weighted by Crippen LogP contribution is -2.27. The van der Waals surface area contributed by atoms with E-state index in [0.717, 1.165) is 32.8 Å². The number of amides is 1. The van der Waals surface area contributed by atoms with E-state index in [9.17, 15) is 13.2 Å². The topological polar surface area (TPSA) is 75.3 Å². The highest BCUT2D eigenvalue weighted by Gasteiger charge is 2.16. The number of sulfonamides is 1. The number of rotatable bonds is 7. The van der Waals surface area contributed by atoms with Crippen molar-refractivity contribution in [2.75, 3.05) is 11.9 Å². The Morgan fingerprint density at radius 1 is 1.26 bits per heavy atom. The zero-order valence-electron chi connectivity index (χ0n) is 12.5. The fraction of sp³-hybridized carbons (Fsp3) is 0.267.